The summed E-state index contributed by atoms with van der Waals surface area (Å²) in [5, 5.41) is 16.4. The Balaban J connectivity index is 1.83. The molecule has 0 atom stereocenters. The summed E-state index contributed by atoms with van der Waals surface area (Å²) in [5.41, 5.74) is 2.29. The number of pyridine rings is 1. The highest BCUT2D eigenvalue weighted by Crippen LogP contribution is 2.47. The number of fused-ring (bicyclic) bond motifs is 1. The number of nitrogens with zero attached hydrogens (tertiary/aromatic N) is 1. The third-order valence-corrected chi connectivity index (χ3v) is 9.35. The third-order valence-electron chi connectivity index (χ3n) is 5.19. The van der Waals surface area contributed by atoms with Gasteiger partial charge in [-0.15, -0.1) is 11.3 Å². The number of rotatable bonds is 4. The highest BCUT2D eigenvalue weighted by atomic mass is 32.1. The van der Waals surface area contributed by atoms with Crippen LogP contribution in [0.4, 0.5) is 0 Å². The van der Waals surface area contributed by atoms with Crippen LogP contribution < -0.4 is 15.9 Å². The summed E-state index contributed by atoms with van der Waals surface area (Å²) >= 11 is 1.66. The normalized spacial score (nSPS) is 11.6. The van der Waals surface area contributed by atoms with Gasteiger partial charge in [0.05, 0.1) is 7.05 Å². The summed E-state index contributed by atoms with van der Waals surface area (Å²) in [5.74, 6) is 0. The van der Waals surface area contributed by atoms with Crippen molar-refractivity contribution in [3.05, 3.63) is 109 Å². The smallest absolute Gasteiger partial charge is 0.123 e. The average Bonchev–Trinajstić information content (AvgIpc) is 3.24. The van der Waals surface area contributed by atoms with Gasteiger partial charge >= 0.3 is 0 Å². The highest BCUT2D eigenvalue weighted by Gasteiger charge is 2.28. The van der Waals surface area contributed by atoms with Crippen molar-refractivity contribution < 1.29 is 0 Å². The van der Waals surface area contributed by atoms with Gasteiger partial charge in [-0.1, -0.05) is 84.9 Å². The molecular formula is C25H19N2PS. The fourth-order valence-electron chi connectivity index (χ4n) is 3.80. The molecular weight excluding hydrogens is 391 g/mol. The van der Waals surface area contributed by atoms with E-state index in [0.717, 1.165) is 37.3 Å². The van der Waals surface area contributed by atoms with Crippen molar-refractivity contribution in [2.24, 2.45) is 0 Å². The van der Waals surface area contributed by atoms with Crippen molar-refractivity contribution in [3.63, 3.8) is 0 Å². The molecule has 0 aliphatic rings. The fourth-order valence-corrected chi connectivity index (χ4v) is 7.67. The zero-order valence-electron chi connectivity index (χ0n) is 15.7. The fraction of sp³-hybridized carbons (Fsp3) is 0. The minimum atomic E-state index is -2.55. The second-order valence-electron chi connectivity index (χ2n) is 6.86. The van der Waals surface area contributed by atoms with E-state index in [1.54, 1.807) is 11.3 Å². The zero-order chi connectivity index (χ0) is 19.7. The summed E-state index contributed by atoms with van der Waals surface area (Å²) in [6, 6.07) is 33.1. The SMILES string of the molecule is N=P(c1ccccc1)(c1ccccc1)c1ccccc1-c1csc2ncccc12. The second kappa shape index (κ2) is 7.44. The monoisotopic (exact) mass is 410 g/mol. The number of hydrogen-bond acceptors (Lipinski definition) is 3. The van der Waals surface area contributed by atoms with Crippen molar-refractivity contribution in [1.29, 1.82) is 5.16 Å². The lowest BCUT2D eigenvalue weighted by atomic mass is 10.1. The predicted molar refractivity (Wildman–Crippen MR) is 126 cm³/mol. The van der Waals surface area contributed by atoms with E-state index in [4.69, 9.17) is 0 Å². The van der Waals surface area contributed by atoms with Crippen LogP contribution in [-0.4, -0.2) is 4.98 Å². The van der Waals surface area contributed by atoms with Crippen molar-refractivity contribution >= 4 is 44.5 Å². The van der Waals surface area contributed by atoms with E-state index < -0.39 is 7.05 Å². The first-order valence-corrected chi connectivity index (χ1v) is 12.1. The Morgan fingerprint density at radius 2 is 1.28 bits per heavy atom. The molecule has 140 valence electrons. The van der Waals surface area contributed by atoms with E-state index in [1.807, 2.05) is 48.7 Å². The lowest BCUT2D eigenvalue weighted by Gasteiger charge is -2.26. The first-order chi connectivity index (χ1) is 14.3. The van der Waals surface area contributed by atoms with Crippen LogP contribution in [0.3, 0.4) is 0 Å². The van der Waals surface area contributed by atoms with Gasteiger partial charge in [-0.2, -0.15) is 0 Å². The first kappa shape index (κ1) is 18.1. The molecule has 0 aliphatic carbocycles. The van der Waals surface area contributed by atoms with Crippen LogP contribution in [0.2, 0.25) is 0 Å². The molecule has 0 fully saturated rings. The Bertz CT molecular complexity index is 1280. The Kier molecular flexibility index (Phi) is 4.63. The van der Waals surface area contributed by atoms with Gasteiger partial charge < -0.3 is 5.16 Å². The molecule has 3 aromatic carbocycles. The molecule has 29 heavy (non-hydrogen) atoms. The van der Waals surface area contributed by atoms with Crippen molar-refractivity contribution in [2.75, 3.05) is 0 Å². The van der Waals surface area contributed by atoms with Crippen LogP contribution in [0.5, 0.6) is 0 Å². The van der Waals surface area contributed by atoms with Crippen LogP contribution in [0.15, 0.2) is 109 Å². The molecule has 5 rings (SSSR count). The number of thiophene rings is 1. The van der Waals surface area contributed by atoms with Gasteiger partial charge in [0.1, 0.15) is 4.83 Å². The molecule has 1 N–H and O–H groups in total. The standard InChI is InChI=1S/C25H19N2PS/c26-28(19-10-3-1-4-11-19,20-12-5-2-6-13-20)24-16-8-7-14-21(24)23-18-29-25-22(23)15-9-17-27-25/h1-18,26H. The molecule has 2 nitrogen and oxygen atoms in total. The van der Waals surface area contributed by atoms with E-state index in [1.165, 1.54) is 0 Å². The maximum absolute atomic E-state index is 9.89. The molecule has 2 heterocycles. The summed E-state index contributed by atoms with van der Waals surface area (Å²) in [6.45, 7) is 0. The minimum Gasteiger partial charge on any atom is -0.305 e. The molecule has 2 aromatic heterocycles. The van der Waals surface area contributed by atoms with E-state index in [-0.39, 0.29) is 0 Å². The summed E-state index contributed by atoms with van der Waals surface area (Å²) in [4.78, 5) is 5.55. The number of benzene rings is 3. The van der Waals surface area contributed by atoms with Crippen LogP contribution in [-0.2, 0) is 0 Å². The van der Waals surface area contributed by atoms with Gasteiger partial charge in [0, 0.05) is 27.8 Å². The number of aromatic nitrogens is 1. The van der Waals surface area contributed by atoms with Gasteiger partial charge in [-0.3, -0.25) is 0 Å². The molecule has 0 bridgehead atoms. The molecule has 5 aromatic rings. The second-order valence-corrected chi connectivity index (χ2v) is 10.6. The molecule has 0 aliphatic heterocycles. The molecule has 4 heteroatoms. The Hall–Kier alpha value is -3.00. The van der Waals surface area contributed by atoms with E-state index in [9.17, 15) is 5.16 Å². The molecule has 0 saturated carbocycles. The van der Waals surface area contributed by atoms with Crippen LogP contribution in [0, 0.1) is 5.16 Å². The average molecular weight is 410 g/mol. The molecule has 0 radical (unpaired) electrons. The Labute approximate surface area is 174 Å². The lowest BCUT2D eigenvalue weighted by Crippen LogP contribution is -2.25. The highest BCUT2D eigenvalue weighted by molar-refractivity contribution is 7.86. The third kappa shape index (κ3) is 3.04. The van der Waals surface area contributed by atoms with E-state index in [2.05, 4.69) is 65.0 Å². The van der Waals surface area contributed by atoms with Crippen LogP contribution in [0.25, 0.3) is 21.3 Å². The summed E-state index contributed by atoms with van der Waals surface area (Å²) < 4.78 is 0. The molecule has 0 spiro atoms. The number of nitrogens with one attached hydrogen (secondary N) is 1. The maximum atomic E-state index is 9.89. The van der Waals surface area contributed by atoms with Crippen molar-refractivity contribution in [1.82, 2.24) is 4.98 Å². The Morgan fingerprint density at radius 3 is 1.97 bits per heavy atom. The van der Waals surface area contributed by atoms with Crippen LogP contribution >= 0.6 is 18.4 Å². The maximum Gasteiger partial charge on any atom is 0.123 e. The first-order valence-electron chi connectivity index (χ1n) is 9.46. The molecule has 0 unspecified atom stereocenters. The van der Waals surface area contributed by atoms with Gasteiger partial charge in [-0.05, 0) is 28.3 Å². The predicted octanol–water partition coefficient (Wildman–Crippen LogP) is 6.02. The van der Waals surface area contributed by atoms with Gasteiger partial charge in [0.2, 0.25) is 0 Å². The van der Waals surface area contributed by atoms with Gasteiger partial charge in [0.15, 0.2) is 0 Å². The Morgan fingerprint density at radius 1 is 0.655 bits per heavy atom. The van der Waals surface area contributed by atoms with Gasteiger partial charge in [-0.25, -0.2) is 4.98 Å². The largest absolute Gasteiger partial charge is 0.305 e. The molecule has 0 saturated heterocycles. The quantitative estimate of drug-likeness (QED) is 0.362. The number of hydrogen-bond donors (Lipinski definition) is 1. The topological polar surface area (TPSA) is 36.7 Å². The van der Waals surface area contributed by atoms with Crippen molar-refractivity contribution in [3.8, 4) is 11.1 Å². The molecule has 0 amide bonds. The van der Waals surface area contributed by atoms with Gasteiger partial charge in [0.25, 0.3) is 0 Å². The summed E-state index contributed by atoms with van der Waals surface area (Å²) in [6.07, 6.45) is 1.84. The zero-order valence-corrected chi connectivity index (χ0v) is 17.4. The van der Waals surface area contributed by atoms with E-state index in [0.29, 0.717) is 0 Å². The lowest BCUT2D eigenvalue weighted by molar-refractivity contribution is 1.45. The van der Waals surface area contributed by atoms with Crippen molar-refractivity contribution in [2.45, 2.75) is 0 Å². The summed E-state index contributed by atoms with van der Waals surface area (Å²) in [7, 11) is -2.55. The van der Waals surface area contributed by atoms with Crippen LogP contribution in [0.1, 0.15) is 0 Å². The van der Waals surface area contributed by atoms with E-state index >= 15 is 0 Å². The minimum absolute atomic E-state index is 1.03.